The highest BCUT2D eigenvalue weighted by Gasteiger charge is 2.12. The minimum absolute atomic E-state index is 0.0200. The summed E-state index contributed by atoms with van der Waals surface area (Å²) in [5.74, 6) is 0.438. The van der Waals surface area contributed by atoms with Gasteiger partial charge in [0.05, 0.1) is 13.5 Å². The van der Waals surface area contributed by atoms with Gasteiger partial charge in [0.15, 0.2) is 6.39 Å². The van der Waals surface area contributed by atoms with Crippen molar-refractivity contribution in [1.29, 1.82) is 0 Å². The molecule has 0 aliphatic heterocycles. The van der Waals surface area contributed by atoms with Gasteiger partial charge in [-0.2, -0.15) is 0 Å². The van der Waals surface area contributed by atoms with Crippen molar-refractivity contribution < 1.29 is 19.1 Å². The van der Waals surface area contributed by atoms with Crippen molar-refractivity contribution in [2.75, 3.05) is 7.11 Å². The predicted octanol–water partition coefficient (Wildman–Crippen LogP) is 2.37. The Labute approximate surface area is 104 Å². The van der Waals surface area contributed by atoms with E-state index >= 15 is 0 Å². The minimum atomic E-state index is -0.858. The average molecular weight is 247 g/mol. The van der Waals surface area contributed by atoms with Crippen molar-refractivity contribution in [2.45, 2.75) is 12.8 Å². The van der Waals surface area contributed by atoms with Crippen LogP contribution in [0.15, 0.2) is 35.1 Å². The van der Waals surface area contributed by atoms with Gasteiger partial charge in [-0.15, -0.1) is 0 Å². The van der Waals surface area contributed by atoms with Gasteiger partial charge in [-0.05, 0) is 12.1 Å². The van der Waals surface area contributed by atoms with E-state index in [0.29, 0.717) is 17.9 Å². The molecule has 0 fully saturated rings. The van der Waals surface area contributed by atoms with Crippen LogP contribution in [0, 0.1) is 0 Å². The number of ether oxygens (including phenoxy) is 1. The van der Waals surface area contributed by atoms with Crippen molar-refractivity contribution in [1.82, 2.24) is 4.98 Å². The van der Waals surface area contributed by atoms with E-state index in [1.807, 2.05) is 24.3 Å². The predicted molar refractivity (Wildman–Crippen MR) is 64.4 cm³/mol. The van der Waals surface area contributed by atoms with Crippen molar-refractivity contribution in [3.05, 3.63) is 36.4 Å². The topological polar surface area (TPSA) is 72.6 Å². The van der Waals surface area contributed by atoms with E-state index < -0.39 is 5.97 Å². The molecule has 0 amide bonds. The summed E-state index contributed by atoms with van der Waals surface area (Å²) in [7, 11) is 1.59. The molecule has 18 heavy (non-hydrogen) atoms. The van der Waals surface area contributed by atoms with Crippen LogP contribution in [-0.4, -0.2) is 23.2 Å². The molecule has 1 heterocycles. The normalized spacial score (nSPS) is 10.3. The van der Waals surface area contributed by atoms with Crippen LogP contribution in [0.1, 0.15) is 12.2 Å². The number of methoxy groups -OCH3 is 1. The third-order valence-electron chi connectivity index (χ3n) is 2.55. The quantitative estimate of drug-likeness (QED) is 0.878. The Morgan fingerprint density at radius 2 is 2.33 bits per heavy atom. The lowest BCUT2D eigenvalue weighted by molar-refractivity contribution is -0.137. The third kappa shape index (κ3) is 2.68. The van der Waals surface area contributed by atoms with E-state index in [0.717, 1.165) is 11.3 Å². The SMILES string of the molecule is COc1cccc(-c2ncoc2CCC(=O)O)c1. The molecule has 2 rings (SSSR count). The molecule has 0 saturated carbocycles. The number of oxazole rings is 1. The Morgan fingerprint density at radius 1 is 1.50 bits per heavy atom. The van der Waals surface area contributed by atoms with Gasteiger partial charge in [-0.25, -0.2) is 4.98 Å². The summed E-state index contributed by atoms with van der Waals surface area (Å²) < 4.78 is 10.4. The zero-order chi connectivity index (χ0) is 13.0. The molecule has 5 nitrogen and oxygen atoms in total. The zero-order valence-electron chi connectivity index (χ0n) is 9.92. The highest BCUT2D eigenvalue weighted by atomic mass is 16.5. The number of nitrogens with zero attached hydrogens (tertiary/aromatic N) is 1. The fourth-order valence-electron chi connectivity index (χ4n) is 1.67. The molecule has 1 N–H and O–H groups in total. The molecule has 1 aromatic carbocycles. The Kier molecular flexibility index (Phi) is 3.62. The summed E-state index contributed by atoms with van der Waals surface area (Å²) in [6, 6.07) is 7.40. The first-order valence-corrected chi connectivity index (χ1v) is 5.49. The fraction of sp³-hybridized carbons (Fsp3) is 0.231. The fourth-order valence-corrected chi connectivity index (χ4v) is 1.67. The van der Waals surface area contributed by atoms with Crippen molar-refractivity contribution in [3.63, 3.8) is 0 Å². The first-order chi connectivity index (χ1) is 8.70. The summed E-state index contributed by atoms with van der Waals surface area (Å²) in [6.45, 7) is 0. The van der Waals surface area contributed by atoms with Crippen molar-refractivity contribution in [3.8, 4) is 17.0 Å². The first kappa shape index (κ1) is 12.2. The molecule has 0 unspecified atom stereocenters. The van der Waals surface area contributed by atoms with Crippen LogP contribution < -0.4 is 4.74 Å². The standard InChI is InChI=1S/C13H13NO4/c1-17-10-4-2-3-9(7-10)13-11(18-8-14-13)5-6-12(15)16/h2-4,7-8H,5-6H2,1H3,(H,15,16). The smallest absolute Gasteiger partial charge is 0.303 e. The highest BCUT2D eigenvalue weighted by Crippen LogP contribution is 2.26. The number of hydrogen-bond donors (Lipinski definition) is 1. The molecule has 0 aliphatic carbocycles. The van der Waals surface area contributed by atoms with E-state index in [4.69, 9.17) is 14.3 Å². The molecular formula is C13H13NO4. The van der Waals surface area contributed by atoms with Crippen molar-refractivity contribution >= 4 is 5.97 Å². The van der Waals surface area contributed by atoms with Crippen LogP contribution in [0.3, 0.4) is 0 Å². The average Bonchev–Trinajstić information content (AvgIpc) is 2.84. The molecule has 5 heteroatoms. The minimum Gasteiger partial charge on any atom is -0.497 e. The Balaban J connectivity index is 2.27. The lowest BCUT2D eigenvalue weighted by atomic mass is 10.1. The van der Waals surface area contributed by atoms with Gasteiger partial charge in [0.25, 0.3) is 0 Å². The molecule has 0 bridgehead atoms. The number of hydrogen-bond acceptors (Lipinski definition) is 4. The number of benzene rings is 1. The highest BCUT2D eigenvalue weighted by molar-refractivity contribution is 5.68. The number of aliphatic carboxylic acids is 1. The summed E-state index contributed by atoms with van der Waals surface area (Å²) >= 11 is 0. The number of carbonyl (C=O) groups is 1. The van der Waals surface area contributed by atoms with Crippen LogP contribution in [0.25, 0.3) is 11.3 Å². The largest absolute Gasteiger partial charge is 0.497 e. The van der Waals surface area contributed by atoms with Crippen LogP contribution in [0.4, 0.5) is 0 Å². The molecule has 0 radical (unpaired) electrons. The molecule has 2 aromatic rings. The molecule has 0 saturated heterocycles. The number of aromatic nitrogens is 1. The molecule has 1 aromatic heterocycles. The number of rotatable bonds is 5. The van der Waals surface area contributed by atoms with E-state index in [2.05, 4.69) is 4.98 Å². The summed E-state index contributed by atoms with van der Waals surface area (Å²) in [4.78, 5) is 14.7. The van der Waals surface area contributed by atoms with E-state index in [1.165, 1.54) is 6.39 Å². The second-order valence-electron chi connectivity index (χ2n) is 3.75. The van der Waals surface area contributed by atoms with Gasteiger partial charge < -0.3 is 14.3 Å². The van der Waals surface area contributed by atoms with Gasteiger partial charge in [0.2, 0.25) is 0 Å². The molecular weight excluding hydrogens is 234 g/mol. The first-order valence-electron chi connectivity index (χ1n) is 5.49. The maximum absolute atomic E-state index is 10.6. The van der Waals surface area contributed by atoms with Crippen LogP contribution in [0.2, 0.25) is 0 Å². The Bertz CT molecular complexity index is 547. The van der Waals surface area contributed by atoms with E-state index in [9.17, 15) is 4.79 Å². The number of carboxylic acids is 1. The summed E-state index contributed by atoms with van der Waals surface area (Å²) in [5.41, 5.74) is 1.51. The summed E-state index contributed by atoms with van der Waals surface area (Å²) in [5, 5.41) is 8.67. The lowest BCUT2D eigenvalue weighted by Gasteiger charge is -2.03. The van der Waals surface area contributed by atoms with Gasteiger partial charge in [-0.3, -0.25) is 4.79 Å². The van der Waals surface area contributed by atoms with E-state index in [1.54, 1.807) is 7.11 Å². The molecule has 0 atom stereocenters. The van der Waals surface area contributed by atoms with E-state index in [-0.39, 0.29) is 6.42 Å². The lowest BCUT2D eigenvalue weighted by Crippen LogP contribution is -1.97. The molecule has 94 valence electrons. The Morgan fingerprint density at radius 3 is 3.06 bits per heavy atom. The van der Waals surface area contributed by atoms with Crippen LogP contribution in [0.5, 0.6) is 5.75 Å². The molecule has 0 spiro atoms. The van der Waals surface area contributed by atoms with Gasteiger partial charge in [0, 0.05) is 12.0 Å². The van der Waals surface area contributed by atoms with Gasteiger partial charge >= 0.3 is 5.97 Å². The maximum atomic E-state index is 10.6. The van der Waals surface area contributed by atoms with Crippen LogP contribution >= 0.6 is 0 Å². The second-order valence-corrected chi connectivity index (χ2v) is 3.75. The zero-order valence-corrected chi connectivity index (χ0v) is 9.92. The van der Waals surface area contributed by atoms with Crippen molar-refractivity contribution in [2.24, 2.45) is 0 Å². The Hall–Kier alpha value is -2.30. The monoisotopic (exact) mass is 247 g/mol. The van der Waals surface area contributed by atoms with Crippen LogP contribution in [-0.2, 0) is 11.2 Å². The molecule has 0 aliphatic rings. The second kappa shape index (κ2) is 5.35. The number of carboxylic acid groups (broad SMARTS) is 1. The van der Waals surface area contributed by atoms with Gasteiger partial charge in [0.1, 0.15) is 17.2 Å². The summed E-state index contributed by atoms with van der Waals surface area (Å²) in [6.07, 6.45) is 1.67. The number of aryl methyl sites for hydroxylation is 1. The maximum Gasteiger partial charge on any atom is 0.303 e. The van der Waals surface area contributed by atoms with Gasteiger partial charge in [-0.1, -0.05) is 12.1 Å². The third-order valence-corrected chi connectivity index (χ3v) is 2.55.